The number of carbonyl (C=O) groups excluding carboxylic acids is 1. The highest BCUT2D eigenvalue weighted by molar-refractivity contribution is 5.97. The van der Waals surface area contributed by atoms with Crippen molar-refractivity contribution >= 4 is 11.6 Å². The largest absolute Gasteiger partial charge is 0.311 e. The van der Waals surface area contributed by atoms with E-state index in [0.717, 1.165) is 25.1 Å². The number of anilines is 1. The van der Waals surface area contributed by atoms with Crippen molar-refractivity contribution in [3.8, 4) is 0 Å². The highest BCUT2D eigenvalue weighted by Crippen LogP contribution is 2.32. The molecule has 98 valence electrons. The minimum Gasteiger partial charge on any atom is -0.311 e. The van der Waals surface area contributed by atoms with E-state index in [4.69, 9.17) is 0 Å². The first-order chi connectivity index (χ1) is 8.53. The summed E-state index contributed by atoms with van der Waals surface area (Å²) < 4.78 is 0. The van der Waals surface area contributed by atoms with Crippen molar-refractivity contribution in [1.29, 1.82) is 0 Å². The van der Waals surface area contributed by atoms with Gasteiger partial charge in [-0.15, -0.1) is 0 Å². The second-order valence-corrected chi connectivity index (χ2v) is 5.79. The van der Waals surface area contributed by atoms with Gasteiger partial charge < -0.3 is 10.2 Å². The van der Waals surface area contributed by atoms with Gasteiger partial charge in [0, 0.05) is 12.2 Å². The molecule has 2 rings (SSSR count). The average molecular weight is 246 g/mol. The Bertz CT molecular complexity index is 414. The van der Waals surface area contributed by atoms with Gasteiger partial charge in [-0.05, 0) is 37.4 Å². The van der Waals surface area contributed by atoms with Crippen molar-refractivity contribution in [2.45, 2.75) is 32.7 Å². The van der Waals surface area contributed by atoms with Crippen LogP contribution in [0.25, 0.3) is 0 Å². The smallest absolute Gasteiger partial charge is 0.244 e. The summed E-state index contributed by atoms with van der Waals surface area (Å²) in [6.45, 7) is 5.27. The Labute approximate surface area is 109 Å². The lowest BCUT2D eigenvalue weighted by Gasteiger charge is -2.24. The predicted molar refractivity (Wildman–Crippen MR) is 74.7 cm³/mol. The molecule has 0 bridgehead atoms. The second-order valence-electron chi connectivity index (χ2n) is 5.79. The highest BCUT2D eigenvalue weighted by Gasteiger charge is 2.34. The number of para-hydroxylation sites is 1. The lowest BCUT2D eigenvalue weighted by Crippen LogP contribution is -2.44. The maximum Gasteiger partial charge on any atom is 0.244 e. The van der Waals surface area contributed by atoms with E-state index in [-0.39, 0.29) is 17.4 Å². The van der Waals surface area contributed by atoms with Crippen LogP contribution in [0.5, 0.6) is 0 Å². The van der Waals surface area contributed by atoms with Gasteiger partial charge in [-0.3, -0.25) is 4.79 Å². The molecule has 1 unspecified atom stereocenters. The fourth-order valence-corrected chi connectivity index (χ4v) is 2.54. The zero-order chi connectivity index (χ0) is 13.2. The van der Waals surface area contributed by atoms with Crippen molar-refractivity contribution in [3.63, 3.8) is 0 Å². The molecule has 1 saturated heterocycles. The fraction of sp³-hybridized carbons (Fsp3) is 0.533. The molecule has 3 heteroatoms. The number of amides is 1. The Balaban J connectivity index is 2.28. The van der Waals surface area contributed by atoms with Gasteiger partial charge >= 0.3 is 0 Å². The molecule has 0 radical (unpaired) electrons. The summed E-state index contributed by atoms with van der Waals surface area (Å²) >= 11 is 0. The van der Waals surface area contributed by atoms with Crippen LogP contribution in [0.2, 0.25) is 0 Å². The summed E-state index contributed by atoms with van der Waals surface area (Å²) in [6, 6.07) is 9.86. The standard InChI is InChI=1S/C15H22N2O/c1-15(2)9-10-17(12-7-5-4-6-8-12)14(18)13(11-15)16-3/h4-8,13,16H,9-11H2,1-3H3. The molecule has 1 aliphatic heterocycles. The van der Waals surface area contributed by atoms with Crippen LogP contribution in [-0.4, -0.2) is 25.5 Å². The Morgan fingerprint density at radius 1 is 1.28 bits per heavy atom. The molecule has 1 N–H and O–H groups in total. The second kappa shape index (κ2) is 5.11. The van der Waals surface area contributed by atoms with Gasteiger partial charge in [-0.1, -0.05) is 32.0 Å². The summed E-state index contributed by atoms with van der Waals surface area (Å²) in [5.41, 5.74) is 1.20. The van der Waals surface area contributed by atoms with Crippen LogP contribution in [0.4, 0.5) is 5.69 Å². The van der Waals surface area contributed by atoms with Gasteiger partial charge in [0.05, 0.1) is 6.04 Å². The molecule has 1 heterocycles. The highest BCUT2D eigenvalue weighted by atomic mass is 16.2. The van der Waals surface area contributed by atoms with Gasteiger partial charge in [0.1, 0.15) is 0 Å². The Kier molecular flexibility index (Phi) is 3.71. The third-order valence-corrected chi connectivity index (χ3v) is 3.75. The molecule has 1 aromatic carbocycles. The Hall–Kier alpha value is -1.35. The zero-order valence-corrected chi connectivity index (χ0v) is 11.4. The summed E-state index contributed by atoms with van der Waals surface area (Å²) in [4.78, 5) is 14.4. The van der Waals surface area contributed by atoms with Crippen LogP contribution in [-0.2, 0) is 4.79 Å². The topological polar surface area (TPSA) is 32.3 Å². The van der Waals surface area contributed by atoms with E-state index in [9.17, 15) is 4.79 Å². The van der Waals surface area contributed by atoms with Crippen molar-refractivity contribution < 1.29 is 4.79 Å². The van der Waals surface area contributed by atoms with Crippen molar-refractivity contribution in [2.75, 3.05) is 18.5 Å². The van der Waals surface area contributed by atoms with E-state index in [1.54, 1.807) is 0 Å². The van der Waals surface area contributed by atoms with Crippen molar-refractivity contribution in [2.24, 2.45) is 5.41 Å². The summed E-state index contributed by atoms with van der Waals surface area (Å²) in [7, 11) is 1.87. The number of hydrogen-bond donors (Lipinski definition) is 1. The van der Waals surface area contributed by atoms with Crippen LogP contribution in [0, 0.1) is 5.41 Å². The molecule has 1 aliphatic rings. The number of likely N-dealkylation sites (N-methyl/N-ethyl adjacent to an activating group) is 1. The molecular weight excluding hydrogens is 224 g/mol. The van der Waals surface area contributed by atoms with Crippen LogP contribution in [0.1, 0.15) is 26.7 Å². The van der Waals surface area contributed by atoms with Gasteiger partial charge in [-0.2, -0.15) is 0 Å². The number of hydrogen-bond acceptors (Lipinski definition) is 2. The monoisotopic (exact) mass is 246 g/mol. The van der Waals surface area contributed by atoms with Gasteiger partial charge in [-0.25, -0.2) is 0 Å². The van der Waals surface area contributed by atoms with E-state index in [1.807, 2.05) is 42.3 Å². The van der Waals surface area contributed by atoms with Crippen LogP contribution >= 0.6 is 0 Å². The lowest BCUT2D eigenvalue weighted by molar-refractivity contribution is -0.120. The van der Waals surface area contributed by atoms with E-state index in [1.165, 1.54) is 0 Å². The first-order valence-electron chi connectivity index (χ1n) is 6.57. The quantitative estimate of drug-likeness (QED) is 0.869. The van der Waals surface area contributed by atoms with Crippen molar-refractivity contribution in [1.82, 2.24) is 5.32 Å². The van der Waals surface area contributed by atoms with Crippen LogP contribution in [0.15, 0.2) is 30.3 Å². The third-order valence-electron chi connectivity index (χ3n) is 3.75. The lowest BCUT2D eigenvalue weighted by atomic mass is 9.83. The number of nitrogens with one attached hydrogen (secondary N) is 1. The molecule has 1 amide bonds. The molecule has 18 heavy (non-hydrogen) atoms. The van der Waals surface area contributed by atoms with Crippen molar-refractivity contribution in [3.05, 3.63) is 30.3 Å². The normalized spacial score (nSPS) is 23.8. The molecule has 1 atom stereocenters. The van der Waals surface area contributed by atoms with E-state index in [2.05, 4.69) is 19.2 Å². The van der Waals surface area contributed by atoms with E-state index in [0.29, 0.717) is 0 Å². The molecule has 0 aromatic heterocycles. The molecule has 1 aromatic rings. The SMILES string of the molecule is CNC1CC(C)(C)CCN(c2ccccc2)C1=O. The molecule has 0 saturated carbocycles. The summed E-state index contributed by atoms with van der Waals surface area (Å²) in [5, 5.41) is 3.16. The minimum absolute atomic E-state index is 0.0808. The fourth-order valence-electron chi connectivity index (χ4n) is 2.54. The molecule has 0 aliphatic carbocycles. The number of benzene rings is 1. The van der Waals surface area contributed by atoms with E-state index < -0.39 is 0 Å². The predicted octanol–water partition coefficient (Wildman–Crippen LogP) is 2.43. The Morgan fingerprint density at radius 3 is 2.56 bits per heavy atom. The molecule has 0 spiro atoms. The molecule has 3 nitrogen and oxygen atoms in total. The first-order valence-corrected chi connectivity index (χ1v) is 6.57. The third kappa shape index (κ3) is 2.72. The van der Waals surface area contributed by atoms with Crippen LogP contribution < -0.4 is 10.2 Å². The van der Waals surface area contributed by atoms with Crippen LogP contribution in [0.3, 0.4) is 0 Å². The Morgan fingerprint density at radius 2 is 1.94 bits per heavy atom. The zero-order valence-electron chi connectivity index (χ0n) is 11.4. The maximum absolute atomic E-state index is 12.5. The molecular formula is C15H22N2O. The number of nitrogens with zero attached hydrogens (tertiary/aromatic N) is 1. The first kappa shape index (κ1) is 13.1. The number of rotatable bonds is 2. The summed E-state index contributed by atoms with van der Waals surface area (Å²) in [6.07, 6.45) is 1.93. The average Bonchev–Trinajstić information content (AvgIpc) is 2.47. The van der Waals surface area contributed by atoms with Gasteiger partial charge in [0.2, 0.25) is 5.91 Å². The number of carbonyl (C=O) groups is 1. The van der Waals surface area contributed by atoms with E-state index >= 15 is 0 Å². The minimum atomic E-state index is -0.0808. The van der Waals surface area contributed by atoms with Gasteiger partial charge in [0.15, 0.2) is 0 Å². The molecule has 1 fully saturated rings. The maximum atomic E-state index is 12.5. The summed E-state index contributed by atoms with van der Waals surface area (Å²) in [5.74, 6) is 0.189. The van der Waals surface area contributed by atoms with Gasteiger partial charge in [0.25, 0.3) is 0 Å².